The van der Waals surface area contributed by atoms with E-state index in [1.165, 1.54) is 0 Å². The van der Waals surface area contributed by atoms with Crippen LogP contribution in [-0.4, -0.2) is 19.6 Å². The van der Waals surface area contributed by atoms with Crippen molar-refractivity contribution < 1.29 is 0 Å². The van der Waals surface area contributed by atoms with E-state index in [2.05, 4.69) is 38.5 Å². The summed E-state index contributed by atoms with van der Waals surface area (Å²) in [7, 11) is 1.92. The number of nitrogens with zero attached hydrogens (tertiary/aromatic N) is 4. The molecule has 0 radical (unpaired) electrons. The number of hydrogen-bond donors (Lipinski definition) is 2. The van der Waals surface area contributed by atoms with Gasteiger partial charge in [-0.2, -0.15) is 10.2 Å². The maximum Gasteiger partial charge on any atom is 0.106 e. The van der Waals surface area contributed by atoms with Crippen molar-refractivity contribution in [3.05, 3.63) is 33.8 Å². The fourth-order valence-electron chi connectivity index (χ4n) is 2.25. The summed E-state index contributed by atoms with van der Waals surface area (Å²) in [5.41, 5.74) is 5.86. The zero-order chi connectivity index (χ0) is 14.0. The van der Waals surface area contributed by atoms with Crippen molar-refractivity contribution in [2.75, 3.05) is 0 Å². The van der Waals surface area contributed by atoms with Crippen molar-refractivity contribution in [1.29, 1.82) is 0 Å². The van der Waals surface area contributed by atoms with Crippen LogP contribution in [0.25, 0.3) is 0 Å². The van der Waals surface area contributed by atoms with Gasteiger partial charge in [-0.1, -0.05) is 6.92 Å². The van der Waals surface area contributed by atoms with Gasteiger partial charge in [0.15, 0.2) is 0 Å². The largest absolute Gasteiger partial charge is 0.270 e. The van der Waals surface area contributed by atoms with Gasteiger partial charge in [-0.3, -0.25) is 15.2 Å². The van der Waals surface area contributed by atoms with Crippen LogP contribution in [0.2, 0.25) is 0 Å². The van der Waals surface area contributed by atoms with Gasteiger partial charge in [0.25, 0.3) is 0 Å². The number of halogens is 1. The summed E-state index contributed by atoms with van der Waals surface area (Å²) in [5, 5.41) is 8.75. The smallest absolute Gasteiger partial charge is 0.106 e. The molecule has 2 heterocycles. The highest BCUT2D eigenvalue weighted by Gasteiger charge is 2.23. The van der Waals surface area contributed by atoms with Gasteiger partial charge in [0, 0.05) is 13.6 Å². The van der Waals surface area contributed by atoms with Crippen LogP contribution in [0, 0.1) is 6.92 Å². The zero-order valence-corrected chi connectivity index (χ0v) is 13.0. The summed E-state index contributed by atoms with van der Waals surface area (Å²) in [4.78, 5) is 0. The number of aryl methyl sites for hydroxylation is 3. The molecule has 7 heteroatoms. The Morgan fingerprint density at radius 2 is 2.26 bits per heavy atom. The molecule has 0 aliphatic heterocycles. The minimum absolute atomic E-state index is 0.144. The minimum atomic E-state index is -0.144. The maximum atomic E-state index is 5.76. The fraction of sp³-hybridized carbons (Fsp3) is 0.500. The molecule has 2 aromatic rings. The monoisotopic (exact) mass is 326 g/mol. The van der Waals surface area contributed by atoms with Crippen LogP contribution in [0.15, 0.2) is 16.7 Å². The second kappa shape index (κ2) is 5.85. The van der Waals surface area contributed by atoms with Gasteiger partial charge in [-0.15, -0.1) is 0 Å². The molecule has 0 fully saturated rings. The van der Waals surface area contributed by atoms with E-state index in [1.807, 2.05) is 29.4 Å². The predicted molar refractivity (Wildman–Crippen MR) is 77.3 cm³/mol. The standard InChI is InChI=1S/C12H19BrN6/c1-4-5-19-12(9(13)7-15-19)11(16-14)10-6-8(2)17-18(10)3/h6-7,11,16H,4-5,14H2,1-3H3. The highest BCUT2D eigenvalue weighted by molar-refractivity contribution is 9.10. The Labute approximate surface area is 121 Å². The zero-order valence-electron chi connectivity index (χ0n) is 11.4. The molecular formula is C12H19BrN6. The van der Waals surface area contributed by atoms with Crippen molar-refractivity contribution in [1.82, 2.24) is 25.0 Å². The molecule has 6 nitrogen and oxygen atoms in total. The topological polar surface area (TPSA) is 73.7 Å². The highest BCUT2D eigenvalue weighted by atomic mass is 79.9. The quantitative estimate of drug-likeness (QED) is 0.647. The molecule has 19 heavy (non-hydrogen) atoms. The summed E-state index contributed by atoms with van der Waals surface area (Å²) in [6.45, 7) is 4.95. The van der Waals surface area contributed by atoms with Crippen molar-refractivity contribution in [2.45, 2.75) is 32.9 Å². The van der Waals surface area contributed by atoms with Gasteiger partial charge in [0.1, 0.15) is 6.04 Å². The molecule has 0 saturated heterocycles. The summed E-state index contributed by atoms with van der Waals surface area (Å²) in [6, 6.07) is 1.88. The maximum absolute atomic E-state index is 5.76. The molecule has 0 saturated carbocycles. The van der Waals surface area contributed by atoms with E-state index >= 15 is 0 Å². The lowest BCUT2D eigenvalue weighted by Gasteiger charge is -2.18. The lowest BCUT2D eigenvalue weighted by Crippen LogP contribution is -2.32. The molecule has 1 atom stereocenters. The first-order valence-electron chi connectivity index (χ1n) is 6.26. The van der Waals surface area contributed by atoms with E-state index in [1.54, 1.807) is 6.20 Å². The molecule has 0 aromatic carbocycles. The number of aromatic nitrogens is 4. The molecule has 2 rings (SSSR count). The van der Waals surface area contributed by atoms with Crippen molar-refractivity contribution in [2.24, 2.45) is 12.9 Å². The number of hydrogen-bond acceptors (Lipinski definition) is 4. The lowest BCUT2D eigenvalue weighted by molar-refractivity contribution is 0.498. The summed E-state index contributed by atoms with van der Waals surface area (Å²) in [5.74, 6) is 5.76. The van der Waals surface area contributed by atoms with E-state index in [0.29, 0.717) is 0 Å². The third-order valence-corrected chi connectivity index (χ3v) is 3.65. The van der Waals surface area contributed by atoms with Gasteiger partial charge >= 0.3 is 0 Å². The number of nitrogens with one attached hydrogen (secondary N) is 1. The van der Waals surface area contributed by atoms with Crippen molar-refractivity contribution >= 4 is 15.9 Å². The first-order chi connectivity index (χ1) is 9.08. The number of rotatable bonds is 5. The third-order valence-electron chi connectivity index (χ3n) is 3.04. The molecule has 0 amide bonds. The van der Waals surface area contributed by atoms with Crippen LogP contribution in [0.5, 0.6) is 0 Å². The van der Waals surface area contributed by atoms with Crippen LogP contribution < -0.4 is 11.3 Å². The van der Waals surface area contributed by atoms with Gasteiger partial charge in [-0.25, -0.2) is 5.43 Å². The first-order valence-corrected chi connectivity index (χ1v) is 7.05. The average molecular weight is 327 g/mol. The molecule has 0 aliphatic carbocycles. The van der Waals surface area contributed by atoms with Crippen LogP contribution in [0.4, 0.5) is 0 Å². The normalized spacial score (nSPS) is 12.9. The van der Waals surface area contributed by atoms with E-state index in [0.717, 1.165) is 34.5 Å². The van der Waals surface area contributed by atoms with Crippen LogP contribution in [-0.2, 0) is 13.6 Å². The highest BCUT2D eigenvalue weighted by Crippen LogP contribution is 2.28. The van der Waals surface area contributed by atoms with Gasteiger partial charge in [0.2, 0.25) is 0 Å². The summed E-state index contributed by atoms with van der Waals surface area (Å²) < 4.78 is 4.76. The molecular weight excluding hydrogens is 308 g/mol. The van der Waals surface area contributed by atoms with Crippen molar-refractivity contribution in [3.8, 4) is 0 Å². The SMILES string of the molecule is CCCn1ncc(Br)c1C(NN)c1cc(C)nn1C. The molecule has 1 unspecified atom stereocenters. The molecule has 0 spiro atoms. The Kier molecular flexibility index (Phi) is 4.38. The average Bonchev–Trinajstić information content (AvgIpc) is 2.87. The molecule has 0 aliphatic rings. The Morgan fingerprint density at radius 3 is 2.79 bits per heavy atom. The minimum Gasteiger partial charge on any atom is -0.270 e. The molecule has 3 N–H and O–H groups in total. The predicted octanol–water partition coefficient (Wildman–Crippen LogP) is 1.65. The molecule has 0 bridgehead atoms. The molecule has 104 valence electrons. The van der Waals surface area contributed by atoms with E-state index in [-0.39, 0.29) is 6.04 Å². The van der Waals surface area contributed by atoms with Gasteiger partial charge in [0.05, 0.1) is 27.8 Å². The van der Waals surface area contributed by atoms with Gasteiger partial charge in [-0.05, 0) is 35.3 Å². The van der Waals surface area contributed by atoms with Gasteiger partial charge < -0.3 is 0 Å². The first kappa shape index (κ1) is 14.2. The second-order valence-corrected chi connectivity index (χ2v) is 5.39. The summed E-state index contributed by atoms with van der Waals surface area (Å²) in [6.07, 6.45) is 2.82. The van der Waals surface area contributed by atoms with E-state index in [4.69, 9.17) is 5.84 Å². The Balaban J connectivity index is 2.47. The number of hydrazine groups is 1. The lowest BCUT2D eigenvalue weighted by atomic mass is 10.1. The Hall–Kier alpha value is -1.18. The summed E-state index contributed by atoms with van der Waals surface area (Å²) >= 11 is 3.55. The van der Waals surface area contributed by atoms with Crippen molar-refractivity contribution in [3.63, 3.8) is 0 Å². The van der Waals surface area contributed by atoms with E-state index < -0.39 is 0 Å². The van der Waals surface area contributed by atoms with Crippen LogP contribution in [0.3, 0.4) is 0 Å². The third kappa shape index (κ3) is 2.72. The number of nitrogens with two attached hydrogens (primary N) is 1. The molecule has 2 aromatic heterocycles. The second-order valence-electron chi connectivity index (χ2n) is 4.53. The van der Waals surface area contributed by atoms with E-state index in [9.17, 15) is 0 Å². The fourth-order valence-corrected chi connectivity index (χ4v) is 2.78. The Morgan fingerprint density at radius 1 is 1.53 bits per heavy atom. The van der Waals surface area contributed by atoms with Crippen LogP contribution in [0.1, 0.15) is 36.5 Å². The van der Waals surface area contributed by atoms with Crippen LogP contribution >= 0.6 is 15.9 Å². The Bertz CT molecular complexity index is 559.